The van der Waals surface area contributed by atoms with Crippen LogP contribution in [0.25, 0.3) is 0 Å². The molecule has 2 heterocycles. The van der Waals surface area contributed by atoms with Crippen LogP contribution in [-0.4, -0.2) is 24.4 Å². The minimum absolute atomic E-state index is 0.0510. The number of hydrogen-bond acceptors (Lipinski definition) is 5. The van der Waals surface area contributed by atoms with E-state index >= 15 is 0 Å². The van der Waals surface area contributed by atoms with Crippen LogP contribution in [0.3, 0.4) is 0 Å². The fraction of sp³-hybridized carbons (Fsp3) is 0.296. The summed E-state index contributed by atoms with van der Waals surface area (Å²) >= 11 is 6.34. The van der Waals surface area contributed by atoms with Gasteiger partial charge in [0.15, 0.2) is 0 Å². The molecule has 2 unspecified atom stereocenters. The molecule has 5 nitrogen and oxygen atoms in total. The highest BCUT2D eigenvalue weighted by Gasteiger charge is 2.41. The van der Waals surface area contributed by atoms with Gasteiger partial charge in [-0.3, -0.25) is 0 Å². The SMILES string of the molecule is CCCCOc1ccc(C2Oc3ccc(Cl)cc3C3CC(c4ccc(OC)cc4)=NN32)cc1. The first-order valence-electron chi connectivity index (χ1n) is 11.4. The molecule has 33 heavy (non-hydrogen) atoms. The molecule has 0 spiro atoms. The van der Waals surface area contributed by atoms with Crippen molar-refractivity contribution in [2.45, 2.75) is 38.5 Å². The van der Waals surface area contributed by atoms with Gasteiger partial charge in [0, 0.05) is 22.6 Å². The predicted octanol–water partition coefficient (Wildman–Crippen LogP) is 6.77. The van der Waals surface area contributed by atoms with Crippen LogP contribution in [-0.2, 0) is 0 Å². The zero-order chi connectivity index (χ0) is 22.8. The number of unbranched alkanes of at least 4 members (excludes halogenated alkanes) is 1. The lowest BCUT2D eigenvalue weighted by molar-refractivity contribution is -0.0190. The molecule has 0 saturated heterocycles. The molecule has 0 aliphatic carbocycles. The number of hydrazone groups is 1. The van der Waals surface area contributed by atoms with Crippen LogP contribution >= 0.6 is 11.6 Å². The van der Waals surface area contributed by atoms with Gasteiger partial charge in [-0.2, -0.15) is 5.10 Å². The molecular formula is C27H27ClN2O3. The summed E-state index contributed by atoms with van der Waals surface area (Å²) in [4.78, 5) is 0. The van der Waals surface area contributed by atoms with E-state index in [1.165, 1.54) is 0 Å². The fourth-order valence-corrected chi connectivity index (χ4v) is 4.48. The lowest BCUT2D eigenvalue weighted by Crippen LogP contribution is -2.33. The minimum Gasteiger partial charge on any atom is -0.497 e. The zero-order valence-electron chi connectivity index (χ0n) is 18.8. The fourth-order valence-electron chi connectivity index (χ4n) is 4.30. The van der Waals surface area contributed by atoms with E-state index in [1.54, 1.807) is 7.11 Å². The number of halogens is 1. The van der Waals surface area contributed by atoms with Gasteiger partial charge in [0.1, 0.15) is 17.2 Å². The summed E-state index contributed by atoms with van der Waals surface area (Å²) in [5.74, 6) is 2.55. The number of ether oxygens (including phenoxy) is 3. The zero-order valence-corrected chi connectivity index (χ0v) is 19.6. The maximum Gasteiger partial charge on any atom is 0.213 e. The van der Waals surface area contributed by atoms with Crippen molar-refractivity contribution in [3.8, 4) is 17.2 Å². The van der Waals surface area contributed by atoms with E-state index in [0.29, 0.717) is 5.02 Å². The third-order valence-electron chi connectivity index (χ3n) is 6.11. The molecule has 0 fully saturated rings. The minimum atomic E-state index is -0.330. The molecule has 5 rings (SSSR count). The van der Waals surface area contributed by atoms with E-state index < -0.39 is 0 Å². The van der Waals surface area contributed by atoms with Gasteiger partial charge in [-0.1, -0.05) is 24.9 Å². The van der Waals surface area contributed by atoms with E-state index in [2.05, 4.69) is 24.1 Å². The molecule has 0 saturated carbocycles. The van der Waals surface area contributed by atoms with Crippen molar-refractivity contribution in [1.82, 2.24) is 5.01 Å². The summed E-state index contributed by atoms with van der Waals surface area (Å²) in [6.07, 6.45) is 2.61. The van der Waals surface area contributed by atoms with Gasteiger partial charge in [0.05, 0.1) is 25.5 Å². The van der Waals surface area contributed by atoms with Crippen molar-refractivity contribution >= 4 is 17.3 Å². The first-order valence-corrected chi connectivity index (χ1v) is 11.7. The summed E-state index contributed by atoms with van der Waals surface area (Å²) in [7, 11) is 1.67. The van der Waals surface area contributed by atoms with Crippen molar-refractivity contribution in [1.29, 1.82) is 0 Å². The maximum atomic E-state index is 6.45. The molecule has 6 heteroatoms. The van der Waals surface area contributed by atoms with Crippen molar-refractivity contribution in [2.75, 3.05) is 13.7 Å². The third kappa shape index (κ3) is 4.38. The summed E-state index contributed by atoms with van der Waals surface area (Å²) < 4.78 is 17.6. The molecule has 0 bridgehead atoms. The van der Waals surface area contributed by atoms with Crippen molar-refractivity contribution < 1.29 is 14.2 Å². The molecular weight excluding hydrogens is 436 g/mol. The Hall–Kier alpha value is -3.18. The van der Waals surface area contributed by atoms with E-state index in [4.69, 9.17) is 30.9 Å². The van der Waals surface area contributed by atoms with Crippen LogP contribution in [0.5, 0.6) is 17.2 Å². The molecule has 0 amide bonds. The van der Waals surface area contributed by atoms with Gasteiger partial charge >= 0.3 is 0 Å². The Morgan fingerprint density at radius 3 is 2.52 bits per heavy atom. The Bertz CT molecular complexity index is 1150. The monoisotopic (exact) mass is 462 g/mol. The van der Waals surface area contributed by atoms with Crippen LogP contribution < -0.4 is 14.2 Å². The third-order valence-corrected chi connectivity index (χ3v) is 6.34. The lowest BCUT2D eigenvalue weighted by atomic mass is 9.96. The van der Waals surface area contributed by atoms with Gasteiger partial charge in [0.2, 0.25) is 6.23 Å². The number of nitrogens with zero attached hydrogens (tertiary/aromatic N) is 2. The van der Waals surface area contributed by atoms with Crippen LogP contribution in [0.2, 0.25) is 5.02 Å². The Kier molecular flexibility index (Phi) is 6.14. The van der Waals surface area contributed by atoms with Gasteiger partial charge in [-0.25, -0.2) is 5.01 Å². The number of hydrogen-bond donors (Lipinski definition) is 0. The van der Waals surface area contributed by atoms with Crippen LogP contribution in [0.15, 0.2) is 71.8 Å². The highest BCUT2D eigenvalue weighted by atomic mass is 35.5. The van der Waals surface area contributed by atoms with E-state index in [0.717, 1.165) is 65.5 Å². The first kappa shape index (κ1) is 21.7. The standard InChI is InChI=1S/C27H27ClN2O3/c1-3-4-15-32-22-12-7-19(8-13-22)27-30-25(23-16-20(28)9-14-26(23)33-27)17-24(29-30)18-5-10-21(31-2)11-6-18/h5-14,16,25,27H,3-4,15,17H2,1-2H3. The van der Waals surface area contributed by atoms with Crippen molar-refractivity contribution in [2.24, 2.45) is 5.10 Å². The Balaban J connectivity index is 1.47. The van der Waals surface area contributed by atoms with E-state index in [-0.39, 0.29) is 12.3 Å². The average Bonchev–Trinajstić information content (AvgIpc) is 3.30. The molecule has 3 aromatic carbocycles. The number of methoxy groups -OCH3 is 1. The Morgan fingerprint density at radius 2 is 1.79 bits per heavy atom. The van der Waals surface area contributed by atoms with Gasteiger partial charge in [-0.15, -0.1) is 0 Å². The summed E-state index contributed by atoms with van der Waals surface area (Å²) in [6, 6.07) is 22.0. The van der Waals surface area contributed by atoms with Gasteiger partial charge in [0.25, 0.3) is 0 Å². The largest absolute Gasteiger partial charge is 0.497 e. The number of benzene rings is 3. The predicted molar refractivity (Wildman–Crippen MR) is 130 cm³/mol. The highest BCUT2D eigenvalue weighted by Crippen LogP contribution is 2.48. The van der Waals surface area contributed by atoms with Crippen molar-refractivity contribution in [3.05, 3.63) is 88.4 Å². The normalized spacial score (nSPS) is 18.8. The van der Waals surface area contributed by atoms with Gasteiger partial charge in [-0.05, 0) is 78.7 Å². The maximum absolute atomic E-state index is 6.45. The van der Waals surface area contributed by atoms with Crippen LogP contribution in [0.4, 0.5) is 0 Å². The first-order chi connectivity index (χ1) is 16.2. The highest BCUT2D eigenvalue weighted by molar-refractivity contribution is 6.30. The second-order valence-electron chi connectivity index (χ2n) is 8.30. The van der Waals surface area contributed by atoms with Crippen molar-refractivity contribution in [3.63, 3.8) is 0 Å². The summed E-state index contributed by atoms with van der Waals surface area (Å²) in [6.45, 7) is 2.89. The van der Waals surface area contributed by atoms with E-state index in [1.807, 2.05) is 54.6 Å². The smallest absolute Gasteiger partial charge is 0.213 e. The molecule has 2 atom stereocenters. The molecule has 170 valence electrons. The molecule has 2 aliphatic rings. The quantitative estimate of drug-likeness (QED) is 0.363. The topological polar surface area (TPSA) is 43.3 Å². The van der Waals surface area contributed by atoms with Gasteiger partial charge < -0.3 is 14.2 Å². The second kappa shape index (κ2) is 9.36. The summed E-state index contributed by atoms with van der Waals surface area (Å²) in [5.41, 5.74) is 4.18. The molecule has 3 aromatic rings. The van der Waals surface area contributed by atoms with Crippen LogP contribution in [0.1, 0.15) is 55.1 Å². The Labute approximate surface area is 199 Å². The molecule has 0 aromatic heterocycles. The molecule has 2 aliphatic heterocycles. The Morgan fingerprint density at radius 1 is 1.03 bits per heavy atom. The second-order valence-corrected chi connectivity index (χ2v) is 8.73. The number of rotatable bonds is 7. The summed E-state index contributed by atoms with van der Waals surface area (Å²) in [5, 5.41) is 7.77. The average molecular weight is 463 g/mol. The number of fused-ring (bicyclic) bond motifs is 3. The van der Waals surface area contributed by atoms with E-state index in [9.17, 15) is 0 Å². The lowest BCUT2D eigenvalue weighted by Gasteiger charge is -2.38. The molecule has 0 N–H and O–H groups in total. The van der Waals surface area contributed by atoms with Crippen LogP contribution in [0, 0.1) is 0 Å². The molecule has 0 radical (unpaired) electrons.